The van der Waals surface area contributed by atoms with Crippen LogP contribution < -0.4 is 15.6 Å². The van der Waals surface area contributed by atoms with E-state index in [1.165, 1.54) is 44.6 Å². The van der Waals surface area contributed by atoms with Crippen molar-refractivity contribution < 1.29 is 9.18 Å². The number of aromatic nitrogens is 1. The average Bonchev–Trinajstić information content (AvgIpc) is 2.84. The number of likely N-dealkylation sites (N-methyl/N-ethyl adjacent to an activating group) is 1. The van der Waals surface area contributed by atoms with Crippen molar-refractivity contribution in [2.24, 2.45) is 0 Å². The maximum absolute atomic E-state index is 15.1. The summed E-state index contributed by atoms with van der Waals surface area (Å²) in [5, 5.41) is 3.15. The molecule has 0 aliphatic carbocycles. The zero-order valence-corrected chi connectivity index (χ0v) is 21.2. The predicted octanol–water partition coefficient (Wildman–Crippen LogP) is 4.78. The summed E-state index contributed by atoms with van der Waals surface area (Å²) in [7, 11) is 2.06. The fraction of sp³-hybridized carbons (Fsp3) is 0.630. The second-order valence-corrected chi connectivity index (χ2v) is 9.50. The van der Waals surface area contributed by atoms with Gasteiger partial charge in [0.1, 0.15) is 11.4 Å². The zero-order valence-electron chi connectivity index (χ0n) is 21.2. The van der Waals surface area contributed by atoms with E-state index in [9.17, 15) is 9.59 Å². The molecule has 0 spiro atoms. The van der Waals surface area contributed by atoms with Crippen LogP contribution in [0.4, 0.5) is 10.1 Å². The molecular formula is C27H41FN4O2. The van der Waals surface area contributed by atoms with Crippen molar-refractivity contribution in [3.8, 4) is 0 Å². The summed E-state index contributed by atoms with van der Waals surface area (Å²) in [5.41, 5.74) is 0.870. The average molecular weight is 473 g/mol. The van der Waals surface area contributed by atoms with Gasteiger partial charge in [-0.1, -0.05) is 51.9 Å². The molecule has 3 rings (SSSR count). The van der Waals surface area contributed by atoms with Crippen LogP contribution in [0, 0.1) is 5.82 Å². The quantitative estimate of drug-likeness (QED) is 0.452. The fourth-order valence-corrected chi connectivity index (χ4v) is 4.67. The molecule has 0 bridgehead atoms. The second-order valence-electron chi connectivity index (χ2n) is 9.50. The summed E-state index contributed by atoms with van der Waals surface area (Å²) < 4.78 is 16.9. The molecule has 2 aromatic rings. The third-order valence-electron chi connectivity index (χ3n) is 6.89. The molecule has 1 amide bonds. The van der Waals surface area contributed by atoms with Gasteiger partial charge in [0.2, 0.25) is 5.43 Å². The summed E-state index contributed by atoms with van der Waals surface area (Å²) in [6, 6.07) is 3.08. The number of anilines is 1. The summed E-state index contributed by atoms with van der Waals surface area (Å²) in [5.74, 6) is -0.783. The molecule has 1 fully saturated rings. The molecule has 1 aromatic carbocycles. The molecule has 7 heteroatoms. The lowest BCUT2D eigenvalue weighted by Crippen LogP contribution is -2.44. The Morgan fingerprint density at radius 1 is 0.971 bits per heavy atom. The van der Waals surface area contributed by atoms with Crippen LogP contribution in [0.2, 0.25) is 0 Å². The smallest absolute Gasteiger partial charge is 0.256 e. The number of carbonyl (C=O) groups is 1. The van der Waals surface area contributed by atoms with Crippen LogP contribution >= 0.6 is 0 Å². The van der Waals surface area contributed by atoms with E-state index in [1.807, 2.05) is 16.4 Å². The number of rotatable bonds is 12. The molecule has 1 saturated heterocycles. The van der Waals surface area contributed by atoms with Gasteiger partial charge in [-0.05, 0) is 32.5 Å². The van der Waals surface area contributed by atoms with Gasteiger partial charge in [0.25, 0.3) is 5.91 Å². The number of pyridine rings is 1. The topological polar surface area (TPSA) is 57.6 Å². The van der Waals surface area contributed by atoms with Crippen molar-refractivity contribution in [3.63, 3.8) is 0 Å². The lowest BCUT2D eigenvalue weighted by atomic mass is 10.1. The number of aryl methyl sites for hydroxylation is 1. The molecule has 1 aromatic heterocycles. The maximum Gasteiger partial charge on any atom is 0.256 e. The molecule has 0 atom stereocenters. The number of nitrogens with zero attached hydrogens (tertiary/aromatic N) is 3. The van der Waals surface area contributed by atoms with E-state index in [1.54, 1.807) is 12.3 Å². The van der Waals surface area contributed by atoms with E-state index in [0.717, 1.165) is 39.0 Å². The number of fused-ring (bicyclic) bond motifs is 1. The number of amides is 1. The van der Waals surface area contributed by atoms with Gasteiger partial charge >= 0.3 is 0 Å². The van der Waals surface area contributed by atoms with E-state index in [-0.39, 0.29) is 16.9 Å². The normalized spacial score (nSPS) is 14.6. The van der Waals surface area contributed by atoms with Crippen LogP contribution in [-0.2, 0) is 6.54 Å². The Hall–Kier alpha value is -2.41. The minimum absolute atomic E-state index is 0.0839. The van der Waals surface area contributed by atoms with E-state index in [0.29, 0.717) is 24.3 Å². The Morgan fingerprint density at radius 3 is 2.26 bits per heavy atom. The summed E-state index contributed by atoms with van der Waals surface area (Å²) in [6.07, 6.45) is 11.1. The van der Waals surface area contributed by atoms with Gasteiger partial charge in [0.05, 0.1) is 11.2 Å². The Balaban J connectivity index is 1.68. The first-order valence-corrected chi connectivity index (χ1v) is 13.0. The van der Waals surface area contributed by atoms with Crippen LogP contribution in [0.1, 0.15) is 75.6 Å². The van der Waals surface area contributed by atoms with Crippen molar-refractivity contribution in [2.45, 2.75) is 71.8 Å². The highest BCUT2D eigenvalue weighted by molar-refractivity contribution is 5.97. The van der Waals surface area contributed by atoms with Crippen molar-refractivity contribution >= 4 is 22.5 Å². The predicted molar refractivity (Wildman–Crippen MR) is 138 cm³/mol. The third kappa shape index (κ3) is 6.59. The van der Waals surface area contributed by atoms with Gasteiger partial charge in [-0.15, -0.1) is 0 Å². The largest absolute Gasteiger partial charge is 0.367 e. The maximum atomic E-state index is 15.1. The molecule has 188 valence electrons. The number of nitrogens with one attached hydrogen (secondary N) is 1. The van der Waals surface area contributed by atoms with Crippen LogP contribution in [0.15, 0.2) is 23.1 Å². The Kier molecular flexibility index (Phi) is 9.93. The fourth-order valence-electron chi connectivity index (χ4n) is 4.67. The molecule has 1 N–H and O–H groups in total. The second kappa shape index (κ2) is 12.9. The lowest BCUT2D eigenvalue weighted by Gasteiger charge is -2.34. The summed E-state index contributed by atoms with van der Waals surface area (Å²) in [6.45, 7) is 8.55. The molecule has 1 aliphatic rings. The molecule has 0 saturated carbocycles. The van der Waals surface area contributed by atoms with Crippen molar-refractivity contribution in [1.29, 1.82) is 0 Å². The van der Waals surface area contributed by atoms with Crippen LogP contribution in [-0.4, -0.2) is 55.1 Å². The van der Waals surface area contributed by atoms with E-state index in [4.69, 9.17) is 0 Å². The number of halogens is 1. The number of carbonyl (C=O) groups excluding carboxylic acids is 1. The standard InChI is InChI=1S/C27H41FN4O2/c1-4-6-7-8-9-10-11-12-13-29-27(34)22-20-31(5-2)24-19-25(23(28)18-21(24)26(22)33)32-16-14-30(3)15-17-32/h18-20H,4-17H2,1-3H3,(H,29,34). The zero-order chi connectivity index (χ0) is 24.5. The number of hydrogen-bond acceptors (Lipinski definition) is 4. The van der Waals surface area contributed by atoms with E-state index in [2.05, 4.69) is 24.2 Å². The molecular weight excluding hydrogens is 431 g/mol. The molecule has 2 heterocycles. The SMILES string of the molecule is CCCCCCCCCCNC(=O)c1cn(CC)c2cc(N3CCN(C)CC3)c(F)cc2c1=O. The minimum atomic E-state index is -0.409. The number of unbranched alkanes of at least 4 members (excludes halogenated alkanes) is 7. The van der Waals surface area contributed by atoms with Gasteiger partial charge in [-0.25, -0.2) is 4.39 Å². The molecule has 34 heavy (non-hydrogen) atoms. The lowest BCUT2D eigenvalue weighted by molar-refractivity contribution is 0.0951. The molecule has 0 radical (unpaired) electrons. The minimum Gasteiger partial charge on any atom is -0.367 e. The van der Waals surface area contributed by atoms with Crippen molar-refractivity contribution in [2.75, 3.05) is 44.7 Å². The highest BCUT2D eigenvalue weighted by Gasteiger charge is 2.21. The van der Waals surface area contributed by atoms with Gasteiger partial charge in [-0.3, -0.25) is 9.59 Å². The first-order valence-electron chi connectivity index (χ1n) is 13.0. The first-order chi connectivity index (χ1) is 16.5. The van der Waals surface area contributed by atoms with Crippen molar-refractivity contribution in [1.82, 2.24) is 14.8 Å². The first kappa shape index (κ1) is 26.2. The Bertz CT molecular complexity index is 1010. The summed E-state index contributed by atoms with van der Waals surface area (Å²) in [4.78, 5) is 30.2. The summed E-state index contributed by atoms with van der Waals surface area (Å²) >= 11 is 0. The van der Waals surface area contributed by atoms with Crippen LogP contribution in [0.25, 0.3) is 10.9 Å². The van der Waals surface area contributed by atoms with Crippen LogP contribution in [0.3, 0.4) is 0 Å². The van der Waals surface area contributed by atoms with Gasteiger partial charge in [0, 0.05) is 50.9 Å². The molecule has 6 nitrogen and oxygen atoms in total. The van der Waals surface area contributed by atoms with Crippen LogP contribution in [0.5, 0.6) is 0 Å². The third-order valence-corrected chi connectivity index (χ3v) is 6.89. The Labute approximate surface area is 203 Å². The number of hydrogen-bond donors (Lipinski definition) is 1. The Morgan fingerprint density at radius 2 is 1.62 bits per heavy atom. The molecule has 0 unspecified atom stereocenters. The highest BCUT2D eigenvalue weighted by atomic mass is 19.1. The van der Waals surface area contributed by atoms with E-state index < -0.39 is 11.2 Å². The van der Waals surface area contributed by atoms with Crippen molar-refractivity contribution in [3.05, 3.63) is 39.9 Å². The van der Waals surface area contributed by atoms with Gasteiger partial charge in [-0.2, -0.15) is 0 Å². The monoisotopic (exact) mass is 472 g/mol. The number of benzene rings is 1. The highest BCUT2D eigenvalue weighted by Crippen LogP contribution is 2.26. The van der Waals surface area contributed by atoms with E-state index >= 15 is 4.39 Å². The number of piperazine rings is 1. The molecule has 1 aliphatic heterocycles. The van der Waals surface area contributed by atoms with Gasteiger partial charge < -0.3 is 19.7 Å². The van der Waals surface area contributed by atoms with Gasteiger partial charge in [0.15, 0.2) is 0 Å².